The molecular weight excluding hydrogens is 324 g/mol. The van der Waals surface area contributed by atoms with Gasteiger partial charge in [-0.1, -0.05) is 12.1 Å². The van der Waals surface area contributed by atoms with E-state index in [0.29, 0.717) is 6.10 Å². The van der Waals surface area contributed by atoms with E-state index in [1.807, 2.05) is 6.07 Å². The molecule has 0 aromatic heterocycles. The van der Waals surface area contributed by atoms with Crippen molar-refractivity contribution >= 4 is 12.4 Å². The Morgan fingerprint density at radius 2 is 2.04 bits per heavy atom. The minimum absolute atomic E-state index is 0. The zero-order valence-corrected chi connectivity index (χ0v) is 15.5. The lowest BCUT2D eigenvalue weighted by Crippen LogP contribution is -2.39. The first-order chi connectivity index (χ1) is 11.3. The minimum atomic E-state index is 0. The summed E-state index contributed by atoms with van der Waals surface area (Å²) in [6.07, 6.45) is 5.42. The Morgan fingerprint density at radius 1 is 1.21 bits per heavy atom. The van der Waals surface area contributed by atoms with Crippen LogP contribution >= 0.6 is 12.4 Å². The average molecular weight is 355 g/mol. The van der Waals surface area contributed by atoms with Crippen LogP contribution < -0.4 is 10.1 Å². The van der Waals surface area contributed by atoms with Crippen molar-refractivity contribution in [3.8, 4) is 5.75 Å². The summed E-state index contributed by atoms with van der Waals surface area (Å²) >= 11 is 0. The van der Waals surface area contributed by atoms with Gasteiger partial charge < -0.3 is 14.8 Å². The third-order valence-electron chi connectivity index (χ3n) is 5.00. The van der Waals surface area contributed by atoms with Gasteiger partial charge in [0.05, 0.1) is 13.2 Å². The number of methoxy groups -OCH3 is 1. The standard InChI is InChI=1S/C19H30N2O2.ClH/c1-22-18-5-2-4-17(12-18)14-21(15-19-6-3-11-23-19)13-16-7-9-20-10-8-16;/h2,4-5,12,16,19-20H,3,6-11,13-15H2,1H3;1H. The Kier molecular flexibility index (Phi) is 8.33. The monoisotopic (exact) mass is 354 g/mol. The van der Waals surface area contributed by atoms with Crippen LogP contribution in [0.4, 0.5) is 0 Å². The molecule has 1 N–H and O–H groups in total. The van der Waals surface area contributed by atoms with E-state index < -0.39 is 0 Å². The molecule has 0 saturated carbocycles. The lowest BCUT2D eigenvalue weighted by atomic mass is 9.97. The number of nitrogens with one attached hydrogen (secondary N) is 1. The van der Waals surface area contributed by atoms with Crippen molar-refractivity contribution in [3.05, 3.63) is 29.8 Å². The fourth-order valence-corrected chi connectivity index (χ4v) is 3.74. The maximum absolute atomic E-state index is 5.88. The molecule has 3 rings (SSSR count). The quantitative estimate of drug-likeness (QED) is 0.815. The van der Waals surface area contributed by atoms with Gasteiger partial charge in [-0.15, -0.1) is 12.4 Å². The second-order valence-electron chi connectivity index (χ2n) is 6.87. The van der Waals surface area contributed by atoms with E-state index >= 15 is 0 Å². The smallest absolute Gasteiger partial charge is 0.119 e. The van der Waals surface area contributed by atoms with Crippen LogP contribution in [0.1, 0.15) is 31.2 Å². The highest BCUT2D eigenvalue weighted by Crippen LogP contribution is 2.21. The Balaban J connectivity index is 0.00000208. The van der Waals surface area contributed by atoms with Crippen LogP contribution in [0.2, 0.25) is 0 Å². The van der Waals surface area contributed by atoms with Gasteiger partial charge in [0.15, 0.2) is 0 Å². The Hall–Kier alpha value is -0.810. The Morgan fingerprint density at radius 3 is 2.75 bits per heavy atom. The van der Waals surface area contributed by atoms with E-state index in [2.05, 4.69) is 28.4 Å². The predicted molar refractivity (Wildman–Crippen MR) is 100 cm³/mol. The molecule has 0 radical (unpaired) electrons. The summed E-state index contributed by atoms with van der Waals surface area (Å²) in [5.74, 6) is 1.75. The molecule has 2 fully saturated rings. The van der Waals surface area contributed by atoms with E-state index in [9.17, 15) is 0 Å². The Bertz CT molecular complexity index is 474. The maximum atomic E-state index is 5.88. The number of rotatable bonds is 7. The van der Waals surface area contributed by atoms with E-state index in [1.165, 1.54) is 37.8 Å². The predicted octanol–water partition coefficient (Wildman–Crippen LogP) is 3.10. The molecule has 0 spiro atoms. The zero-order chi connectivity index (χ0) is 15.9. The van der Waals surface area contributed by atoms with Crippen LogP contribution in [0.15, 0.2) is 24.3 Å². The van der Waals surface area contributed by atoms with Crippen molar-refractivity contribution in [2.45, 2.75) is 38.3 Å². The number of hydrogen-bond acceptors (Lipinski definition) is 4. The molecule has 1 aromatic carbocycles. The molecule has 4 nitrogen and oxygen atoms in total. The van der Waals surface area contributed by atoms with Crippen LogP contribution in [-0.2, 0) is 11.3 Å². The third kappa shape index (κ3) is 5.92. The molecule has 0 bridgehead atoms. The highest BCUT2D eigenvalue weighted by molar-refractivity contribution is 5.85. The molecular formula is C19H31ClN2O2. The molecule has 24 heavy (non-hydrogen) atoms. The molecule has 5 heteroatoms. The average Bonchev–Trinajstić information content (AvgIpc) is 3.09. The molecule has 1 unspecified atom stereocenters. The van der Waals surface area contributed by atoms with Crippen molar-refractivity contribution in [1.82, 2.24) is 10.2 Å². The first-order valence-electron chi connectivity index (χ1n) is 9.01. The van der Waals surface area contributed by atoms with Gasteiger partial charge in [0, 0.05) is 26.2 Å². The van der Waals surface area contributed by atoms with Gasteiger partial charge in [-0.2, -0.15) is 0 Å². The SMILES string of the molecule is COc1cccc(CN(CC2CCNCC2)CC2CCCO2)c1.Cl. The highest BCUT2D eigenvalue weighted by atomic mass is 35.5. The van der Waals surface area contributed by atoms with Crippen molar-refractivity contribution < 1.29 is 9.47 Å². The van der Waals surface area contributed by atoms with Gasteiger partial charge in [0.1, 0.15) is 5.75 Å². The van der Waals surface area contributed by atoms with Gasteiger partial charge in [-0.3, -0.25) is 4.90 Å². The van der Waals surface area contributed by atoms with Crippen LogP contribution in [0.5, 0.6) is 5.75 Å². The van der Waals surface area contributed by atoms with Crippen molar-refractivity contribution in [2.75, 3.05) is 39.9 Å². The Labute approximate surface area is 152 Å². The van der Waals surface area contributed by atoms with Crippen LogP contribution in [-0.4, -0.2) is 50.9 Å². The summed E-state index contributed by atoms with van der Waals surface area (Å²) in [4.78, 5) is 2.60. The van der Waals surface area contributed by atoms with Gasteiger partial charge in [0.2, 0.25) is 0 Å². The maximum Gasteiger partial charge on any atom is 0.119 e. The van der Waals surface area contributed by atoms with Crippen LogP contribution in [0.25, 0.3) is 0 Å². The van der Waals surface area contributed by atoms with Crippen molar-refractivity contribution in [3.63, 3.8) is 0 Å². The number of hydrogen-bond donors (Lipinski definition) is 1. The van der Waals surface area contributed by atoms with Crippen LogP contribution in [0, 0.1) is 5.92 Å². The van der Waals surface area contributed by atoms with Crippen molar-refractivity contribution in [2.24, 2.45) is 5.92 Å². The summed E-state index contributed by atoms with van der Waals surface area (Å²) in [6, 6.07) is 8.46. The molecule has 2 heterocycles. The normalized spacial score (nSPS) is 21.7. The first-order valence-corrected chi connectivity index (χ1v) is 9.01. The molecule has 0 aliphatic carbocycles. The first kappa shape index (κ1) is 19.5. The molecule has 1 aromatic rings. The van der Waals surface area contributed by atoms with E-state index in [1.54, 1.807) is 7.11 Å². The fourth-order valence-electron chi connectivity index (χ4n) is 3.74. The van der Waals surface area contributed by atoms with Crippen LogP contribution in [0.3, 0.4) is 0 Å². The third-order valence-corrected chi connectivity index (χ3v) is 5.00. The zero-order valence-electron chi connectivity index (χ0n) is 14.7. The molecule has 1 atom stereocenters. The molecule has 2 aliphatic heterocycles. The number of piperidine rings is 1. The lowest BCUT2D eigenvalue weighted by Gasteiger charge is -2.31. The van der Waals surface area contributed by atoms with E-state index in [-0.39, 0.29) is 12.4 Å². The summed E-state index contributed by atoms with van der Waals surface area (Å²) < 4.78 is 11.2. The number of halogens is 1. The fraction of sp³-hybridized carbons (Fsp3) is 0.684. The van der Waals surface area contributed by atoms with Gasteiger partial charge in [0.25, 0.3) is 0 Å². The number of ether oxygens (including phenoxy) is 2. The summed E-state index contributed by atoms with van der Waals surface area (Å²) in [6.45, 7) is 6.49. The second-order valence-corrected chi connectivity index (χ2v) is 6.87. The highest BCUT2D eigenvalue weighted by Gasteiger charge is 2.22. The second kappa shape index (κ2) is 10.2. The summed E-state index contributed by atoms with van der Waals surface area (Å²) in [5.41, 5.74) is 1.33. The number of nitrogens with zero attached hydrogens (tertiary/aromatic N) is 1. The lowest BCUT2D eigenvalue weighted by molar-refractivity contribution is 0.0623. The largest absolute Gasteiger partial charge is 0.497 e. The van der Waals surface area contributed by atoms with E-state index in [4.69, 9.17) is 9.47 Å². The van der Waals surface area contributed by atoms with E-state index in [0.717, 1.165) is 44.5 Å². The summed E-state index contributed by atoms with van der Waals surface area (Å²) in [7, 11) is 1.73. The molecule has 136 valence electrons. The molecule has 2 saturated heterocycles. The summed E-state index contributed by atoms with van der Waals surface area (Å²) in [5, 5.41) is 3.47. The number of benzene rings is 1. The van der Waals surface area contributed by atoms with Crippen molar-refractivity contribution in [1.29, 1.82) is 0 Å². The van der Waals surface area contributed by atoms with Gasteiger partial charge in [-0.05, 0) is 62.4 Å². The van der Waals surface area contributed by atoms with Gasteiger partial charge >= 0.3 is 0 Å². The minimum Gasteiger partial charge on any atom is -0.497 e. The molecule has 0 amide bonds. The molecule has 2 aliphatic rings. The van der Waals surface area contributed by atoms with Gasteiger partial charge in [-0.25, -0.2) is 0 Å². The topological polar surface area (TPSA) is 33.7 Å².